The van der Waals surface area contributed by atoms with Crippen LogP contribution in [0.15, 0.2) is 23.1 Å². The topological polar surface area (TPSA) is 95.0 Å². The average Bonchev–Trinajstić information content (AvgIpc) is 3.14. The molecule has 0 saturated carbocycles. The first kappa shape index (κ1) is 17.9. The second-order valence-electron chi connectivity index (χ2n) is 6.87. The van der Waals surface area contributed by atoms with Crippen LogP contribution in [0.25, 0.3) is 0 Å². The molecule has 1 N–H and O–H groups in total. The number of fused-ring (bicyclic) bond motifs is 1. The van der Waals surface area contributed by atoms with E-state index in [1.54, 1.807) is 12.1 Å². The second-order valence-corrected chi connectivity index (χ2v) is 8.81. The summed E-state index contributed by atoms with van der Waals surface area (Å²) in [5.41, 5.74) is 1.09. The summed E-state index contributed by atoms with van der Waals surface area (Å²) in [7, 11) is -3.58. The molecule has 2 aliphatic rings. The fourth-order valence-electron chi connectivity index (χ4n) is 3.63. The van der Waals surface area contributed by atoms with E-state index in [0.29, 0.717) is 24.3 Å². The Labute approximate surface area is 147 Å². The maximum atomic E-state index is 12.8. The van der Waals surface area contributed by atoms with Gasteiger partial charge in [-0.3, -0.25) is 9.59 Å². The number of hydrogen-bond acceptors (Lipinski definition) is 4. The van der Waals surface area contributed by atoms with Crippen LogP contribution >= 0.6 is 0 Å². The lowest BCUT2D eigenvalue weighted by Crippen LogP contribution is -2.34. The monoisotopic (exact) mass is 366 g/mol. The Balaban J connectivity index is 2.06. The third-order valence-electron chi connectivity index (χ3n) is 4.82. The van der Waals surface area contributed by atoms with Gasteiger partial charge < -0.3 is 10.0 Å². The normalized spacial score (nSPS) is 21.2. The summed E-state index contributed by atoms with van der Waals surface area (Å²) in [4.78, 5) is 25.2. The molecule has 1 fully saturated rings. The first-order valence-corrected chi connectivity index (χ1v) is 9.84. The van der Waals surface area contributed by atoms with Crippen LogP contribution in [0.5, 0.6) is 0 Å². The zero-order valence-corrected chi connectivity index (χ0v) is 15.1. The van der Waals surface area contributed by atoms with Gasteiger partial charge in [-0.15, -0.1) is 0 Å². The van der Waals surface area contributed by atoms with Gasteiger partial charge >= 0.3 is 5.97 Å². The van der Waals surface area contributed by atoms with Gasteiger partial charge in [-0.05, 0) is 42.5 Å². The predicted molar refractivity (Wildman–Crippen MR) is 92.0 cm³/mol. The van der Waals surface area contributed by atoms with Crippen molar-refractivity contribution in [2.45, 2.75) is 37.5 Å². The Morgan fingerprint density at radius 2 is 1.92 bits per heavy atom. The molecule has 0 bridgehead atoms. The minimum Gasteiger partial charge on any atom is -0.480 e. The highest BCUT2D eigenvalue weighted by molar-refractivity contribution is 7.89. The molecule has 2 aliphatic heterocycles. The lowest BCUT2D eigenvalue weighted by molar-refractivity contribution is -0.136. The van der Waals surface area contributed by atoms with E-state index in [0.717, 1.165) is 12.8 Å². The van der Waals surface area contributed by atoms with Crippen molar-refractivity contribution in [1.82, 2.24) is 4.31 Å². The molecule has 0 unspecified atom stereocenters. The van der Waals surface area contributed by atoms with E-state index in [-0.39, 0.29) is 16.7 Å². The van der Waals surface area contributed by atoms with Crippen molar-refractivity contribution in [1.29, 1.82) is 0 Å². The number of carbonyl (C=O) groups is 2. The van der Waals surface area contributed by atoms with Crippen molar-refractivity contribution < 1.29 is 23.1 Å². The first-order chi connectivity index (χ1) is 11.7. The van der Waals surface area contributed by atoms with Crippen molar-refractivity contribution in [3.05, 3.63) is 23.8 Å². The summed E-state index contributed by atoms with van der Waals surface area (Å²) in [5, 5.41) is 9.07. The molecule has 2 heterocycles. The fourth-order valence-corrected chi connectivity index (χ4v) is 5.18. The average molecular weight is 366 g/mol. The summed E-state index contributed by atoms with van der Waals surface area (Å²) in [6.07, 6.45) is 1.70. The summed E-state index contributed by atoms with van der Waals surface area (Å²) < 4.78 is 27.0. The van der Waals surface area contributed by atoms with Crippen molar-refractivity contribution in [2.24, 2.45) is 5.92 Å². The van der Waals surface area contributed by atoms with Gasteiger partial charge in [0.2, 0.25) is 15.9 Å². The minimum absolute atomic E-state index is 0.0604. The number of carbonyl (C=O) groups excluding carboxylic acids is 1. The number of anilines is 1. The molecular weight excluding hydrogens is 344 g/mol. The molecule has 136 valence electrons. The Hall–Kier alpha value is -1.93. The van der Waals surface area contributed by atoms with Gasteiger partial charge in [0.15, 0.2) is 0 Å². The number of hydrogen-bond donors (Lipinski definition) is 1. The van der Waals surface area contributed by atoms with E-state index in [9.17, 15) is 18.0 Å². The third kappa shape index (κ3) is 3.04. The second kappa shape index (κ2) is 6.42. The Morgan fingerprint density at radius 1 is 1.28 bits per heavy atom. The standard InChI is InChI=1S/C17H22N2O5S/c1-11(2)16-13-9-12(25(23,24)18-7-3-4-8-18)5-6-14(13)19(17(16)22)10-15(20)21/h5-6,9,11,16H,3-4,7-8,10H2,1-2H3,(H,20,21)/t16-/m0/s1. The molecule has 1 amide bonds. The molecule has 1 atom stereocenters. The number of rotatable bonds is 5. The molecule has 7 nitrogen and oxygen atoms in total. The molecule has 0 radical (unpaired) electrons. The van der Waals surface area contributed by atoms with E-state index < -0.39 is 28.5 Å². The summed E-state index contributed by atoms with van der Waals surface area (Å²) >= 11 is 0. The number of carboxylic acids is 1. The highest BCUT2D eigenvalue weighted by atomic mass is 32.2. The van der Waals surface area contributed by atoms with E-state index in [2.05, 4.69) is 0 Å². The number of sulfonamides is 1. The van der Waals surface area contributed by atoms with E-state index in [1.807, 2.05) is 13.8 Å². The molecule has 3 rings (SSSR count). The van der Waals surface area contributed by atoms with Gasteiger partial charge in [0.1, 0.15) is 6.54 Å². The Kier molecular flexibility index (Phi) is 4.59. The summed E-state index contributed by atoms with van der Waals surface area (Å²) in [6.45, 7) is 4.35. The molecule has 0 aliphatic carbocycles. The molecule has 0 aromatic heterocycles. The van der Waals surface area contributed by atoms with Gasteiger partial charge in [-0.2, -0.15) is 4.31 Å². The first-order valence-electron chi connectivity index (χ1n) is 8.40. The maximum absolute atomic E-state index is 12.8. The highest BCUT2D eigenvalue weighted by Crippen LogP contribution is 2.42. The van der Waals surface area contributed by atoms with Crippen LogP contribution in [-0.2, 0) is 19.6 Å². The SMILES string of the molecule is CC(C)[C@@H]1C(=O)N(CC(=O)O)c2ccc(S(=O)(=O)N3CCCC3)cc21. The van der Waals surface area contributed by atoms with Crippen molar-refractivity contribution in [3.63, 3.8) is 0 Å². The van der Waals surface area contributed by atoms with E-state index in [4.69, 9.17) is 5.11 Å². The Bertz CT molecular complexity index is 812. The molecule has 8 heteroatoms. The number of amides is 1. The van der Waals surface area contributed by atoms with Crippen LogP contribution in [0.4, 0.5) is 5.69 Å². The highest BCUT2D eigenvalue weighted by Gasteiger charge is 2.41. The van der Waals surface area contributed by atoms with Crippen LogP contribution in [0.2, 0.25) is 0 Å². The number of aliphatic carboxylic acids is 1. The van der Waals surface area contributed by atoms with Crippen LogP contribution in [-0.4, -0.2) is 49.3 Å². The van der Waals surface area contributed by atoms with Gasteiger partial charge in [-0.1, -0.05) is 13.8 Å². The third-order valence-corrected chi connectivity index (χ3v) is 6.71. The van der Waals surface area contributed by atoms with Crippen LogP contribution in [0, 0.1) is 5.92 Å². The van der Waals surface area contributed by atoms with Crippen LogP contribution in [0.3, 0.4) is 0 Å². The minimum atomic E-state index is -3.58. The lowest BCUT2D eigenvalue weighted by atomic mass is 9.90. The largest absolute Gasteiger partial charge is 0.480 e. The maximum Gasteiger partial charge on any atom is 0.323 e. The van der Waals surface area contributed by atoms with Crippen molar-refractivity contribution >= 4 is 27.6 Å². The summed E-state index contributed by atoms with van der Waals surface area (Å²) in [6, 6.07) is 4.58. The molecule has 25 heavy (non-hydrogen) atoms. The van der Waals surface area contributed by atoms with E-state index >= 15 is 0 Å². The smallest absolute Gasteiger partial charge is 0.323 e. The predicted octanol–water partition coefficient (Wildman–Crippen LogP) is 1.64. The van der Waals surface area contributed by atoms with Crippen molar-refractivity contribution in [3.8, 4) is 0 Å². The molecular formula is C17H22N2O5S. The van der Waals surface area contributed by atoms with Gasteiger partial charge in [-0.25, -0.2) is 8.42 Å². The lowest BCUT2D eigenvalue weighted by Gasteiger charge is -2.17. The molecule has 1 saturated heterocycles. The van der Waals surface area contributed by atoms with Crippen LogP contribution < -0.4 is 4.90 Å². The molecule has 1 aromatic rings. The molecule has 0 spiro atoms. The number of nitrogens with zero attached hydrogens (tertiary/aromatic N) is 2. The summed E-state index contributed by atoms with van der Waals surface area (Å²) in [5.74, 6) is -1.97. The van der Waals surface area contributed by atoms with Crippen LogP contribution in [0.1, 0.15) is 38.2 Å². The Morgan fingerprint density at radius 3 is 2.48 bits per heavy atom. The van der Waals surface area contributed by atoms with Gasteiger partial charge in [0.05, 0.1) is 10.8 Å². The fraction of sp³-hybridized carbons (Fsp3) is 0.529. The number of carboxylic acid groups (broad SMARTS) is 1. The van der Waals surface area contributed by atoms with Gasteiger partial charge in [0.25, 0.3) is 0 Å². The van der Waals surface area contributed by atoms with Crippen molar-refractivity contribution in [2.75, 3.05) is 24.5 Å². The zero-order valence-electron chi connectivity index (χ0n) is 14.3. The number of benzene rings is 1. The van der Waals surface area contributed by atoms with Gasteiger partial charge in [0, 0.05) is 18.8 Å². The zero-order chi connectivity index (χ0) is 18.4. The van der Waals surface area contributed by atoms with E-state index in [1.165, 1.54) is 15.3 Å². The quantitative estimate of drug-likeness (QED) is 0.855. The molecule has 1 aromatic carbocycles.